The van der Waals surface area contributed by atoms with Crippen molar-refractivity contribution in [3.05, 3.63) is 22.7 Å². The number of nitrogen functional groups attached to an aromatic ring is 1. The molecule has 1 aromatic rings. The van der Waals surface area contributed by atoms with E-state index in [1.165, 1.54) is 6.07 Å². The van der Waals surface area contributed by atoms with Gasteiger partial charge in [-0.1, -0.05) is 11.6 Å². The third kappa shape index (κ3) is 3.10. The third-order valence-electron chi connectivity index (χ3n) is 3.66. The molecule has 1 saturated carbocycles. The van der Waals surface area contributed by atoms with Crippen molar-refractivity contribution < 1.29 is 8.42 Å². The molecule has 0 heterocycles. The summed E-state index contributed by atoms with van der Waals surface area (Å²) in [6, 6.07) is 2.99. The molecule has 0 aliphatic heterocycles. The number of anilines is 1. The molecule has 20 heavy (non-hydrogen) atoms. The van der Waals surface area contributed by atoms with E-state index in [0.717, 1.165) is 12.8 Å². The van der Waals surface area contributed by atoms with E-state index >= 15 is 0 Å². The van der Waals surface area contributed by atoms with Gasteiger partial charge >= 0.3 is 0 Å². The van der Waals surface area contributed by atoms with Crippen LogP contribution in [-0.4, -0.2) is 25.3 Å². The molecule has 0 saturated heterocycles. The predicted molar refractivity (Wildman–Crippen MR) is 82.4 cm³/mol. The van der Waals surface area contributed by atoms with Gasteiger partial charge < -0.3 is 5.73 Å². The molecule has 4 nitrogen and oxygen atoms in total. The van der Waals surface area contributed by atoms with E-state index in [2.05, 4.69) is 0 Å². The molecule has 2 N–H and O–H groups in total. The van der Waals surface area contributed by atoms with Gasteiger partial charge in [-0.2, -0.15) is 4.31 Å². The van der Waals surface area contributed by atoms with Crippen molar-refractivity contribution in [1.82, 2.24) is 4.31 Å². The van der Waals surface area contributed by atoms with Gasteiger partial charge in [0, 0.05) is 23.3 Å². The largest absolute Gasteiger partial charge is 0.398 e. The number of rotatable bonds is 5. The van der Waals surface area contributed by atoms with E-state index in [-0.39, 0.29) is 10.9 Å². The minimum absolute atomic E-state index is 0.0831. The number of hydrogen-bond acceptors (Lipinski definition) is 3. The highest BCUT2D eigenvalue weighted by molar-refractivity contribution is 7.89. The Morgan fingerprint density at radius 3 is 2.50 bits per heavy atom. The van der Waals surface area contributed by atoms with Crippen molar-refractivity contribution in [1.29, 1.82) is 0 Å². The second-order valence-electron chi connectivity index (χ2n) is 5.73. The zero-order valence-corrected chi connectivity index (χ0v) is 13.6. The molecule has 0 bridgehead atoms. The molecule has 1 aliphatic rings. The standard InChI is InChI=1S/C14H21ClN2O2S/c1-9(2)17(8-11-4-5-11)20(18,19)14-7-12(15)6-13(16)10(14)3/h6-7,9,11H,4-5,8,16H2,1-3H3. The summed E-state index contributed by atoms with van der Waals surface area (Å²) in [7, 11) is -3.56. The summed E-state index contributed by atoms with van der Waals surface area (Å²) in [6.07, 6.45) is 2.21. The number of sulfonamides is 1. The monoisotopic (exact) mass is 316 g/mol. The molecule has 6 heteroatoms. The predicted octanol–water partition coefficient (Wildman–Crippen LogP) is 3.04. The molecular weight excluding hydrogens is 296 g/mol. The minimum Gasteiger partial charge on any atom is -0.398 e. The molecule has 112 valence electrons. The molecule has 0 atom stereocenters. The fourth-order valence-electron chi connectivity index (χ4n) is 2.21. The summed E-state index contributed by atoms with van der Waals surface area (Å²) in [5, 5.41) is 0.349. The van der Waals surface area contributed by atoms with Crippen molar-refractivity contribution in [2.75, 3.05) is 12.3 Å². The van der Waals surface area contributed by atoms with Crippen molar-refractivity contribution >= 4 is 27.3 Å². The summed E-state index contributed by atoms with van der Waals surface area (Å²) in [5.74, 6) is 0.490. The molecule has 0 radical (unpaired) electrons. The smallest absolute Gasteiger partial charge is 0.243 e. The van der Waals surface area contributed by atoms with Crippen LogP contribution < -0.4 is 5.73 Å². The van der Waals surface area contributed by atoms with E-state index in [4.69, 9.17) is 17.3 Å². The molecule has 0 aromatic heterocycles. The Kier molecular flexibility index (Phi) is 4.33. The van der Waals surface area contributed by atoms with Gasteiger partial charge in [0.25, 0.3) is 0 Å². The Labute approximate surface area is 126 Å². The maximum atomic E-state index is 12.9. The first-order chi connectivity index (χ1) is 9.23. The second-order valence-corrected chi connectivity index (χ2v) is 8.03. The quantitative estimate of drug-likeness (QED) is 0.849. The zero-order chi connectivity index (χ0) is 15.1. The number of halogens is 1. The zero-order valence-electron chi connectivity index (χ0n) is 12.1. The molecule has 0 amide bonds. The molecular formula is C14H21ClN2O2S. The summed E-state index contributed by atoms with van der Waals surface area (Å²) in [4.78, 5) is 0.219. The van der Waals surface area contributed by atoms with Gasteiger partial charge in [-0.25, -0.2) is 8.42 Å². The topological polar surface area (TPSA) is 63.4 Å². The minimum atomic E-state index is -3.56. The average Bonchev–Trinajstić information content (AvgIpc) is 3.13. The van der Waals surface area contributed by atoms with E-state index in [0.29, 0.717) is 28.7 Å². The Morgan fingerprint density at radius 2 is 2.00 bits per heavy atom. The molecule has 0 unspecified atom stereocenters. The summed E-state index contributed by atoms with van der Waals surface area (Å²) in [5.41, 5.74) is 6.81. The van der Waals surface area contributed by atoms with Gasteiger partial charge in [0.05, 0.1) is 4.90 Å². The van der Waals surface area contributed by atoms with Crippen LogP contribution >= 0.6 is 11.6 Å². The SMILES string of the molecule is Cc1c(N)cc(Cl)cc1S(=O)(=O)N(CC1CC1)C(C)C. The van der Waals surface area contributed by atoms with Crippen LogP contribution in [0.25, 0.3) is 0 Å². The number of hydrogen-bond donors (Lipinski definition) is 1. The first-order valence-corrected chi connectivity index (χ1v) is 8.62. The van der Waals surface area contributed by atoms with Crippen molar-refractivity contribution in [2.24, 2.45) is 5.92 Å². The Hall–Kier alpha value is -0.780. The van der Waals surface area contributed by atoms with Crippen LogP contribution in [0.2, 0.25) is 5.02 Å². The van der Waals surface area contributed by atoms with Gasteiger partial charge in [-0.15, -0.1) is 0 Å². The molecule has 1 aromatic carbocycles. The lowest BCUT2D eigenvalue weighted by Crippen LogP contribution is -2.38. The number of nitrogens with two attached hydrogens (primary N) is 1. The van der Waals surface area contributed by atoms with Crippen molar-refractivity contribution in [3.8, 4) is 0 Å². The van der Waals surface area contributed by atoms with Crippen LogP contribution in [0.1, 0.15) is 32.3 Å². The maximum Gasteiger partial charge on any atom is 0.243 e. The number of nitrogens with zero attached hydrogens (tertiary/aromatic N) is 1. The van der Waals surface area contributed by atoms with E-state index in [9.17, 15) is 8.42 Å². The first kappa shape index (κ1) is 15.6. The molecule has 1 fully saturated rings. The van der Waals surface area contributed by atoms with Gasteiger partial charge in [-0.3, -0.25) is 0 Å². The number of benzene rings is 1. The Morgan fingerprint density at radius 1 is 1.40 bits per heavy atom. The van der Waals surface area contributed by atoms with Gasteiger partial charge in [-0.05, 0) is 57.2 Å². The lowest BCUT2D eigenvalue weighted by Gasteiger charge is -2.27. The van der Waals surface area contributed by atoms with Crippen LogP contribution in [0.5, 0.6) is 0 Å². The highest BCUT2D eigenvalue weighted by Gasteiger charge is 2.34. The van der Waals surface area contributed by atoms with E-state index < -0.39 is 10.0 Å². The Bertz CT molecular complexity index is 610. The molecule has 0 spiro atoms. The second kappa shape index (κ2) is 5.54. The third-order valence-corrected chi connectivity index (χ3v) is 6.05. The molecule has 2 rings (SSSR count). The van der Waals surface area contributed by atoms with Crippen molar-refractivity contribution in [3.63, 3.8) is 0 Å². The van der Waals surface area contributed by atoms with Crippen LogP contribution in [-0.2, 0) is 10.0 Å². The highest BCUT2D eigenvalue weighted by Crippen LogP contribution is 2.34. The van der Waals surface area contributed by atoms with E-state index in [1.807, 2.05) is 13.8 Å². The van der Waals surface area contributed by atoms with Crippen LogP contribution in [0.15, 0.2) is 17.0 Å². The maximum absolute atomic E-state index is 12.9. The first-order valence-electron chi connectivity index (χ1n) is 6.81. The van der Waals surface area contributed by atoms with Crippen molar-refractivity contribution in [2.45, 2.75) is 44.6 Å². The lowest BCUT2D eigenvalue weighted by molar-refractivity contribution is 0.341. The van der Waals surface area contributed by atoms with Crippen LogP contribution in [0.4, 0.5) is 5.69 Å². The average molecular weight is 317 g/mol. The summed E-state index contributed by atoms with van der Waals surface area (Å²) >= 11 is 5.97. The Balaban J connectivity index is 2.46. The summed E-state index contributed by atoms with van der Waals surface area (Å²) in [6.45, 7) is 6.08. The summed E-state index contributed by atoms with van der Waals surface area (Å²) < 4.78 is 27.3. The highest BCUT2D eigenvalue weighted by atomic mass is 35.5. The van der Waals surface area contributed by atoms with Gasteiger partial charge in [0.2, 0.25) is 10.0 Å². The van der Waals surface area contributed by atoms with Gasteiger partial charge in [0.15, 0.2) is 0 Å². The molecule has 1 aliphatic carbocycles. The van der Waals surface area contributed by atoms with Crippen LogP contribution in [0, 0.1) is 12.8 Å². The normalized spacial score (nSPS) is 16.1. The van der Waals surface area contributed by atoms with E-state index in [1.54, 1.807) is 17.3 Å². The van der Waals surface area contributed by atoms with Gasteiger partial charge in [0.1, 0.15) is 0 Å². The fourth-order valence-corrected chi connectivity index (χ4v) is 4.50. The van der Waals surface area contributed by atoms with Crippen LogP contribution in [0.3, 0.4) is 0 Å². The fraction of sp³-hybridized carbons (Fsp3) is 0.571. The lowest BCUT2D eigenvalue weighted by atomic mass is 10.2.